The number of rotatable bonds is 6. The number of likely N-dealkylation sites (tertiary alicyclic amines) is 1. The number of nitrogens with zero attached hydrogens (tertiary/aromatic N) is 3. The van der Waals surface area contributed by atoms with Crippen molar-refractivity contribution in [1.82, 2.24) is 20.0 Å². The summed E-state index contributed by atoms with van der Waals surface area (Å²) in [5.41, 5.74) is 0. The van der Waals surface area contributed by atoms with Crippen LogP contribution in [0.25, 0.3) is 0 Å². The van der Waals surface area contributed by atoms with Crippen molar-refractivity contribution >= 4 is 6.03 Å². The smallest absolute Gasteiger partial charge is 0.317 e. The summed E-state index contributed by atoms with van der Waals surface area (Å²) in [5, 5.41) is 3.13. The van der Waals surface area contributed by atoms with Gasteiger partial charge in [-0.05, 0) is 45.6 Å². The van der Waals surface area contributed by atoms with Crippen LogP contribution in [0, 0.1) is 5.92 Å². The van der Waals surface area contributed by atoms with Crippen molar-refractivity contribution in [2.75, 3.05) is 52.9 Å². The molecule has 24 heavy (non-hydrogen) atoms. The molecule has 1 saturated carbocycles. The maximum absolute atomic E-state index is 12.3. The van der Waals surface area contributed by atoms with Crippen LogP contribution in [0.2, 0.25) is 0 Å². The summed E-state index contributed by atoms with van der Waals surface area (Å²) in [7, 11) is 1.90. The molecule has 138 valence electrons. The van der Waals surface area contributed by atoms with E-state index in [2.05, 4.69) is 29.0 Å². The number of amides is 2. The van der Waals surface area contributed by atoms with Crippen LogP contribution in [0.4, 0.5) is 4.79 Å². The van der Waals surface area contributed by atoms with Crippen molar-refractivity contribution in [3.8, 4) is 0 Å². The molecule has 0 unspecified atom stereocenters. The molecule has 6 heteroatoms. The lowest BCUT2D eigenvalue weighted by atomic mass is 10.1. The third kappa shape index (κ3) is 5.07. The standard InChI is InChI=1S/C18H34N4O2/c1-14-11-21(12-15(2)24-14)9-8-20(3)18(23)19-10-16-6-7-22(13-16)17-4-5-17/h14-17H,4-13H2,1-3H3,(H,19,23)/t14-,15+,16-/m0/s1. The van der Waals surface area contributed by atoms with E-state index in [-0.39, 0.29) is 18.2 Å². The van der Waals surface area contributed by atoms with E-state index in [1.165, 1.54) is 25.8 Å². The maximum atomic E-state index is 12.3. The highest BCUT2D eigenvalue weighted by Crippen LogP contribution is 2.31. The molecule has 6 nitrogen and oxygen atoms in total. The van der Waals surface area contributed by atoms with Crippen LogP contribution < -0.4 is 5.32 Å². The predicted molar refractivity (Wildman–Crippen MR) is 95.2 cm³/mol. The minimum Gasteiger partial charge on any atom is -0.373 e. The van der Waals surface area contributed by atoms with Gasteiger partial charge in [-0.25, -0.2) is 4.79 Å². The average Bonchev–Trinajstić information content (AvgIpc) is 3.28. The molecule has 1 N–H and O–H groups in total. The third-order valence-electron chi connectivity index (χ3n) is 5.52. The van der Waals surface area contributed by atoms with Gasteiger partial charge >= 0.3 is 6.03 Å². The van der Waals surface area contributed by atoms with Gasteiger partial charge in [0.1, 0.15) is 0 Å². The molecule has 1 aliphatic carbocycles. The maximum Gasteiger partial charge on any atom is 0.317 e. The summed E-state index contributed by atoms with van der Waals surface area (Å²) in [5.74, 6) is 0.629. The molecule has 0 aromatic carbocycles. The molecular weight excluding hydrogens is 304 g/mol. The average molecular weight is 338 g/mol. The fourth-order valence-electron chi connectivity index (χ4n) is 4.03. The van der Waals surface area contributed by atoms with Crippen LogP contribution in [0.5, 0.6) is 0 Å². The second-order valence-electron chi connectivity index (χ2n) is 8.01. The Bertz CT molecular complexity index is 419. The second-order valence-corrected chi connectivity index (χ2v) is 8.01. The lowest BCUT2D eigenvalue weighted by Crippen LogP contribution is -2.49. The number of carbonyl (C=O) groups excluding carboxylic acids is 1. The Labute approximate surface area is 146 Å². The number of morpholine rings is 1. The van der Waals surface area contributed by atoms with Gasteiger partial charge in [0.25, 0.3) is 0 Å². The van der Waals surface area contributed by atoms with Crippen molar-refractivity contribution in [3.05, 3.63) is 0 Å². The minimum absolute atomic E-state index is 0.0641. The van der Waals surface area contributed by atoms with E-state index in [4.69, 9.17) is 4.74 Å². The van der Waals surface area contributed by atoms with E-state index >= 15 is 0 Å². The molecule has 3 rings (SSSR count). The van der Waals surface area contributed by atoms with Crippen LogP contribution in [0.1, 0.15) is 33.1 Å². The molecule has 3 atom stereocenters. The van der Waals surface area contributed by atoms with E-state index < -0.39 is 0 Å². The van der Waals surface area contributed by atoms with Gasteiger partial charge in [-0.2, -0.15) is 0 Å². The van der Waals surface area contributed by atoms with Crippen LogP contribution >= 0.6 is 0 Å². The zero-order chi connectivity index (χ0) is 17.1. The van der Waals surface area contributed by atoms with Gasteiger partial charge in [-0.1, -0.05) is 0 Å². The number of nitrogens with one attached hydrogen (secondary N) is 1. The molecule has 0 spiro atoms. The molecule has 3 fully saturated rings. The molecule has 0 bridgehead atoms. The number of carbonyl (C=O) groups is 1. The quantitative estimate of drug-likeness (QED) is 0.791. The molecule has 2 heterocycles. The van der Waals surface area contributed by atoms with Gasteiger partial charge in [0.05, 0.1) is 12.2 Å². The highest BCUT2D eigenvalue weighted by atomic mass is 16.5. The first-order valence-corrected chi connectivity index (χ1v) is 9.62. The fourth-order valence-corrected chi connectivity index (χ4v) is 4.03. The first kappa shape index (κ1) is 18.0. The van der Waals surface area contributed by atoms with E-state index in [1.807, 2.05) is 11.9 Å². The van der Waals surface area contributed by atoms with Crippen molar-refractivity contribution in [2.24, 2.45) is 5.92 Å². The van der Waals surface area contributed by atoms with Crippen molar-refractivity contribution in [3.63, 3.8) is 0 Å². The summed E-state index contributed by atoms with van der Waals surface area (Å²) in [4.78, 5) is 19.1. The third-order valence-corrected chi connectivity index (χ3v) is 5.52. The Kier molecular flexibility index (Phi) is 6.00. The molecule has 0 aromatic rings. The molecule has 3 aliphatic rings. The Morgan fingerprint density at radius 2 is 1.88 bits per heavy atom. The van der Waals surface area contributed by atoms with Gasteiger partial charge in [-0.3, -0.25) is 4.90 Å². The van der Waals surface area contributed by atoms with E-state index in [0.717, 1.165) is 45.3 Å². The monoisotopic (exact) mass is 338 g/mol. The normalized spacial score (nSPS) is 32.0. The van der Waals surface area contributed by atoms with Crippen LogP contribution in [-0.4, -0.2) is 91.8 Å². The number of hydrogen-bond donors (Lipinski definition) is 1. The predicted octanol–water partition coefficient (Wildman–Crippen LogP) is 1.22. The topological polar surface area (TPSA) is 48.0 Å². The Morgan fingerprint density at radius 3 is 2.54 bits per heavy atom. The van der Waals surface area contributed by atoms with Crippen LogP contribution in [0.15, 0.2) is 0 Å². The lowest BCUT2D eigenvalue weighted by molar-refractivity contribution is -0.0684. The number of urea groups is 1. The fraction of sp³-hybridized carbons (Fsp3) is 0.944. The van der Waals surface area contributed by atoms with Gasteiger partial charge in [0.2, 0.25) is 0 Å². The zero-order valence-electron chi connectivity index (χ0n) is 15.5. The molecule has 2 saturated heterocycles. The van der Waals surface area contributed by atoms with Gasteiger partial charge < -0.3 is 19.9 Å². The summed E-state index contributed by atoms with van der Waals surface area (Å²) < 4.78 is 5.76. The summed E-state index contributed by atoms with van der Waals surface area (Å²) in [6.07, 6.45) is 4.54. The SMILES string of the molecule is C[C@@H]1CN(CCN(C)C(=O)NC[C@@H]2CCN(C3CC3)C2)C[C@H](C)O1. The summed E-state index contributed by atoms with van der Waals surface area (Å²) >= 11 is 0. The van der Waals surface area contributed by atoms with Crippen molar-refractivity contribution < 1.29 is 9.53 Å². The molecule has 2 amide bonds. The van der Waals surface area contributed by atoms with E-state index in [0.29, 0.717) is 5.92 Å². The van der Waals surface area contributed by atoms with E-state index in [9.17, 15) is 4.79 Å². The molecular formula is C18H34N4O2. The highest BCUT2D eigenvalue weighted by molar-refractivity contribution is 5.73. The number of ether oxygens (including phenoxy) is 1. The largest absolute Gasteiger partial charge is 0.373 e. The first-order valence-electron chi connectivity index (χ1n) is 9.62. The summed E-state index contributed by atoms with van der Waals surface area (Å²) in [6, 6.07) is 0.918. The summed E-state index contributed by atoms with van der Waals surface area (Å²) in [6.45, 7) is 11.0. The lowest BCUT2D eigenvalue weighted by Gasteiger charge is -2.36. The van der Waals surface area contributed by atoms with Crippen molar-refractivity contribution in [2.45, 2.75) is 51.4 Å². The number of hydrogen-bond acceptors (Lipinski definition) is 4. The Hall–Kier alpha value is -0.850. The number of likely N-dealkylation sites (N-methyl/N-ethyl adjacent to an activating group) is 1. The highest BCUT2D eigenvalue weighted by Gasteiger charge is 2.34. The first-order chi connectivity index (χ1) is 11.5. The van der Waals surface area contributed by atoms with E-state index in [1.54, 1.807) is 0 Å². The minimum atomic E-state index is 0.0641. The van der Waals surface area contributed by atoms with Gasteiger partial charge in [0, 0.05) is 52.4 Å². The van der Waals surface area contributed by atoms with Gasteiger partial charge in [-0.15, -0.1) is 0 Å². The Morgan fingerprint density at radius 1 is 1.17 bits per heavy atom. The molecule has 2 aliphatic heterocycles. The van der Waals surface area contributed by atoms with Crippen LogP contribution in [-0.2, 0) is 4.74 Å². The van der Waals surface area contributed by atoms with Crippen molar-refractivity contribution in [1.29, 1.82) is 0 Å². The molecule has 0 aromatic heterocycles. The van der Waals surface area contributed by atoms with Crippen LogP contribution in [0.3, 0.4) is 0 Å². The Balaban J connectivity index is 1.31. The van der Waals surface area contributed by atoms with Gasteiger partial charge in [0.15, 0.2) is 0 Å². The molecule has 0 radical (unpaired) electrons. The second kappa shape index (κ2) is 8.02. The zero-order valence-corrected chi connectivity index (χ0v) is 15.5.